The van der Waals surface area contributed by atoms with Crippen LogP contribution in [0.25, 0.3) is 0 Å². The van der Waals surface area contributed by atoms with E-state index in [1.807, 2.05) is 6.92 Å². The summed E-state index contributed by atoms with van der Waals surface area (Å²) >= 11 is 0. The van der Waals surface area contributed by atoms with Gasteiger partial charge in [0.2, 0.25) is 5.91 Å². The lowest BCUT2D eigenvalue weighted by molar-refractivity contribution is -0.147. The van der Waals surface area contributed by atoms with Crippen molar-refractivity contribution in [3.05, 3.63) is 36.1 Å². The first-order valence-corrected chi connectivity index (χ1v) is 8.55. The molecule has 2 heterocycles. The number of aryl methyl sites for hydroxylation is 1. The summed E-state index contributed by atoms with van der Waals surface area (Å²) < 4.78 is 10.4. The van der Waals surface area contributed by atoms with Crippen LogP contribution in [0.15, 0.2) is 34.9 Å². The van der Waals surface area contributed by atoms with E-state index in [0.717, 1.165) is 0 Å². The molecule has 142 valence electrons. The fourth-order valence-electron chi connectivity index (χ4n) is 2.79. The molecule has 1 fully saturated rings. The van der Waals surface area contributed by atoms with E-state index in [4.69, 9.17) is 9.26 Å². The first-order chi connectivity index (χ1) is 13.0. The summed E-state index contributed by atoms with van der Waals surface area (Å²) in [6.07, 6.45) is 0. The molecule has 0 spiro atoms. The highest BCUT2D eigenvalue weighted by Crippen LogP contribution is 2.29. The second-order valence-corrected chi connectivity index (χ2v) is 5.96. The van der Waals surface area contributed by atoms with Crippen LogP contribution >= 0.6 is 0 Å². The molecule has 3 rings (SSSR count). The summed E-state index contributed by atoms with van der Waals surface area (Å²) in [6, 6.07) is 8.61. The zero-order chi connectivity index (χ0) is 19.4. The van der Waals surface area contributed by atoms with Gasteiger partial charge in [-0.25, -0.2) is 0 Å². The maximum absolute atomic E-state index is 12.6. The van der Waals surface area contributed by atoms with Gasteiger partial charge in [-0.15, -0.1) is 0 Å². The van der Waals surface area contributed by atoms with Crippen LogP contribution in [0.1, 0.15) is 12.7 Å². The van der Waals surface area contributed by atoms with Gasteiger partial charge < -0.3 is 19.5 Å². The Kier molecular flexibility index (Phi) is 5.39. The second kappa shape index (κ2) is 7.90. The lowest BCUT2D eigenvalue weighted by atomic mass is 10.2. The van der Waals surface area contributed by atoms with Crippen molar-refractivity contribution in [3.63, 3.8) is 0 Å². The third-order valence-corrected chi connectivity index (χ3v) is 3.99. The van der Waals surface area contributed by atoms with E-state index in [0.29, 0.717) is 23.8 Å². The van der Waals surface area contributed by atoms with Crippen molar-refractivity contribution >= 4 is 29.2 Å². The van der Waals surface area contributed by atoms with Crippen LogP contribution in [0.4, 0.5) is 11.5 Å². The van der Waals surface area contributed by atoms with Crippen molar-refractivity contribution in [1.29, 1.82) is 0 Å². The van der Waals surface area contributed by atoms with Gasteiger partial charge in [0.15, 0.2) is 5.82 Å². The molecule has 0 bridgehead atoms. The van der Waals surface area contributed by atoms with Gasteiger partial charge in [0, 0.05) is 19.2 Å². The number of carbonyl (C=O) groups excluding carboxylic acids is 3. The number of ether oxygens (including phenoxy) is 1. The number of carbonyl (C=O) groups is 3. The predicted molar refractivity (Wildman–Crippen MR) is 96.4 cm³/mol. The molecule has 0 aliphatic carbocycles. The largest absolute Gasteiger partial charge is 0.492 e. The molecule has 0 radical (unpaired) electrons. The topological polar surface area (TPSA) is 105 Å². The third-order valence-electron chi connectivity index (χ3n) is 3.99. The van der Waals surface area contributed by atoms with Crippen LogP contribution in [0.3, 0.4) is 0 Å². The zero-order valence-electron chi connectivity index (χ0n) is 15.1. The van der Waals surface area contributed by atoms with E-state index in [1.54, 1.807) is 37.3 Å². The van der Waals surface area contributed by atoms with E-state index in [9.17, 15) is 14.4 Å². The van der Waals surface area contributed by atoms with E-state index < -0.39 is 17.7 Å². The molecule has 1 aromatic carbocycles. The van der Waals surface area contributed by atoms with Crippen LogP contribution in [0.5, 0.6) is 5.75 Å². The fraction of sp³-hybridized carbons (Fsp3) is 0.333. The van der Waals surface area contributed by atoms with Gasteiger partial charge in [0.05, 0.1) is 12.3 Å². The molecular formula is C18H20N4O5. The first-order valence-electron chi connectivity index (χ1n) is 8.55. The van der Waals surface area contributed by atoms with Gasteiger partial charge in [-0.2, -0.15) is 0 Å². The number of nitrogens with zero attached hydrogens (tertiary/aromatic N) is 3. The molecule has 0 unspecified atom stereocenters. The molecular weight excluding hydrogens is 352 g/mol. The Morgan fingerprint density at radius 2 is 2.04 bits per heavy atom. The quantitative estimate of drug-likeness (QED) is 0.764. The number of piperazine rings is 1. The van der Waals surface area contributed by atoms with Gasteiger partial charge in [-0.05, 0) is 26.0 Å². The maximum Gasteiger partial charge on any atom is 0.316 e. The number of amides is 3. The minimum atomic E-state index is -0.737. The van der Waals surface area contributed by atoms with E-state index in [2.05, 4.69) is 10.5 Å². The van der Waals surface area contributed by atoms with E-state index >= 15 is 0 Å². The van der Waals surface area contributed by atoms with Crippen LogP contribution < -0.4 is 15.0 Å². The molecule has 27 heavy (non-hydrogen) atoms. The van der Waals surface area contributed by atoms with Crippen molar-refractivity contribution in [2.45, 2.75) is 13.8 Å². The van der Waals surface area contributed by atoms with Crippen molar-refractivity contribution < 1.29 is 23.6 Å². The normalized spacial score (nSPS) is 14.4. The summed E-state index contributed by atoms with van der Waals surface area (Å²) in [5.74, 6) is -0.530. The average molecular weight is 372 g/mol. The number of rotatable bonds is 6. The van der Waals surface area contributed by atoms with Gasteiger partial charge in [-0.1, -0.05) is 17.3 Å². The summed E-state index contributed by atoms with van der Waals surface area (Å²) in [5.41, 5.74) is 0.542. The van der Waals surface area contributed by atoms with E-state index in [-0.39, 0.29) is 25.5 Å². The maximum atomic E-state index is 12.6. The van der Waals surface area contributed by atoms with Crippen LogP contribution in [0, 0.1) is 6.92 Å². The van der Waals surface area contributed by atoms with Gasteiger partial charge in [0.25, 0.3) is 0 Å². The molecule has 1 aromatic heterocycles. The summed E-state index contributed by atoms with van der Waals surface area (Å²) in [6.45, 7) is 4.25. The van der Waals surface area contributed by atoms with Crippen LogP contribution in [-0.4, -0.2) is 54.0 Å². The molecule has 1 aliphatic rings. The smallest absolute Gasteiger partial charge is 0.316 e. The predicted octanol–water partition coefficient (Wildman–Crippen LogP) is 1.20. The number of nitrogens with one attached hydrogen (secondary N) is 1. The average Bonchev–Trinajstić information content (AvgIpc) is 3.05. The number of aromatic nitrogens is 1. The van der Waals surface area contributed by atoms with Crippen molar-refractivity contribution in [2.24, 2.45) is 0 Å². The molecule has 1 saturated heterocycles. The molecule has 0 saturated carbocycles. The van der Waals surface area contributed by atoms with Crippen LogP contribution in [0.2, 0.25) is 0 Å². The van der Waals surface area contributed by atoms with Crippen molar-refractivity contribution in [1.82, 2.24) is 10.1 Å². The number of hydrogen-bond donors (Lipinski definition) is 1. The number of benzene rings is 1. The van der Waals surface area contributed by atoms with E-state index in [1.165, 1.54) is 9.80 Å². The minimum absolute atomic E-state index is 0.232. The highest BCUT2D eigenvalue weighted by atomic mass is 16.5. The molecule has 9 heteroatoms. The Morgan fingerprint density at radius 1 is 1.26 bits per heavy atom. The summed E-state index contributed by atoms with van der Waals surface area (Å²) in [4.78, 5) is 39.7. The third kappa shape index (κ3) is 4.08. The number of anilines is 2. The lowest BCUT2D eigenvalue weighted by Gasteiger charge is -2.33. The summed E-state index contributed by atoms with van der Waals surface area (Å²) in [5, 5.41) is 6.19. The number of para-hydroxylation sites is 2. The summed E-state index contributed by atoms with van der Waals surface area (Å²) in [7, 11) is 0. The van der Waals surface area contributed by atoms with Gasteiger partial charge in [-0.3, -0.25) is 19.3 Å². The molecule has 3 amide bonds. The standard InChI is InChI=1S/C18H20N4O5/c1-3-26-14-7-5-4-6-13(14)22-9-8-21(17(24)18(22)25)11-16(23)19-15-10-12(2)27-20-15/h4-7,10H,3,8-9,11H2,1-2H3,(H,19,20,23). The Bertz CT molecular complexity index is 863. The Balaban J connectivity index is 1.66. The Morgan fingerprint density at radius 3 is 2.74 bits per heavy atom. The van der Waals surface area contributed by atoms with Gasteiger partial charge in [0.1, 0.15) is 18.1 Å². The van der Waals surface area contributed by atoms with Crippen molar-refractivity contribution in [3.8, 4) is 5.75 Å². The Labute approximate surface area is 155 Å². The lowest BCUT2D eigenvalue weighted by Crippen LogP contribution is -2.56. The fourth-order valence-corrected chi connectivity index (χ4v) is 2.79. The molecule has 0 atom stereocenters. The molecule has 9 nitrogen and oxygen atoms in total. The SMILES string of the molecule is CCOc1ccccc1N1CCN(CC(=O)Nc2cc(C)on2)C(=O)C1=O. The highest BCUT2D eigenvalue weighted by Gasteiger charge is 2.35. The highest BCUT2D eigenvalue weighted by molar-refractivity contribution is 6.41. The van der Waals surface area contributed by atoms with Crippen LogP contribution in [-0.2, 0) is 14.4 Å². The minimum Gasteiger partial charge on any atom is -0.492 e. The zero-order valence-corrected chi connectivity index (χ0v) is 15.1. The molecule has 1 N–H and O–H groups in total. The Hall–Kier alpha value is -3.36. The number of hydrogen-bond acceptors (Lipinski definition) is 6. The van der Waals surface area contributed by atoms with Gasteiger partial charge >= 0.3 is 11.8 Å². The first kappa shape index (κ1) is 18.4. The molecule has 2 aromatic rings. The monoisotopic (exact) mass is 372 g/mol. The second-order valence-electron chi connectivity index (χ2n) is 5.96. The van der Waals surface area contributed by atoms with Crippen molar-refractivity contribution in [2.75, 3.05) is 36.5 Å². The molecule has 1 aliphatic heterocycles.